The summed E-state index contributed by atoms with van der Waals surface area (Å²) in [5.41, 5.74) is -0.381. The van der Waals surface area contributed by atoms with Crippen LogP contribution in [0.5, 0.6) is 0 Å². The third-order valence-corrected chi connectivity index (χ3v) is 2.43. The summed E-state index contributed by atoms with van der Waals surface area (Å²) < 4.78 is 5.29. The lowest BCUT2D eigenvalue weighted by molar-refractivity contribution is -0.156. The number of nitrogens with one attached hydrogen (secondary N) is 1. The van der Waals surface area contributed by atoms with Gasteiger partial charge in [0.1, 0.15) is 5.60 Å². The van der Waals surface area contributed by atoms with Gasteiger partial charge in [0.05, 0.1) is 6.54 Å². The Morgan fingerprint density at radius 1 is 1.47 bits per heavy atom. The zero-order valence-electron chi connectivity index (χ0n) is 10.2. The van der Waals surface area contributed by atoms with Crippen molar-refractivity contribution in [3.8, 4) is 0 Å². The summed E-state index contributed by atoms with van der Waals surface area (Å²) in [6, 6.07) is 0.502. The van der Waals surface area contributed by atoms with Crippen molar-refractivity contribution in [3.63, 3.8) is 0 Å². The Balaban J connectivity index is 2.34. The zero-order valence-corrected chi connectivity index (χ0v) is 10.2. The molecule has 15 heavy (non-hydrogen) atoms. The maximum Gasteiger partial charge on any atom is 0.320 e. The maximum absolute atomic E-state index is 11.6. The van der Waals surface area contributed by atoms with Gasteiger partial charge >= 0.3 is 5.97 Å². The summed E-state index contributed by atoms with van der Waals surface area (Å²) in [5.74, 6) is -0.128. The molecule has 1 aliphatic rings. The molecule has 0 aromatic carbocycles. The average molecular weight is 214 g/mol. The van der Waals surface area contributed by atoms with Crippen LogP contribution in [0.2, 0.25) is 0 Å². The van der Waals surface area contributed by atoms with Gasteiger partial charge in [0.25, 0.3) is 0 Å². The minimum absolute atomic E-state index is 0.128. The van der Waals surface area contributed by atoms with Crippen LogP contribution < -0.4 is 5.32 Å². The Labute approximate surface area is 92.0 Å². The van der Waals surface area contributed by atoms with Crippen molar-refractivity contribution in [1.29, 1.82) is 0 Å². The van der Waals surface area contributed by atoms with Crippen molar-refractivity contribution in [2.45, 2.75) is 39.3 Å². The van der Waals surface area contributed by atoms with E-state index >= 15 is 0 Å². The molecule has 1 N–H and O–H groups in total. The third-order valence-electron chi connectivity index (χ3n) is 2.43. The fraction of sp³-hybridized carbons (Fsp3) is 0.909. The topological polar surface area (TPSA) is 41.6 Å². The molecule has 1 aliphatic heterocycles. The highest BCUT2D eigenvalue weighted by molar-refractivity contribution is 5.72. The van der Waals surface area contributed by atoms with E-state index in [-0.39, 0.29) is 11.6 Å². The summed E-state index contributed by atoms with van der Waals surface area (Å²) in [6.07, 6.45) is 0. The fourth-order valence-electron chi connectivity index (χ4n) is 1.57. The zero-order chi connectivity index (χ0) is 11.5. The largest absolute Gasteiger partial charge is 0.459 e. The van der Waals surface area contributed by atoms with E-state index in [4.69, 9.17) is 4.74 Å². The molecule has 1 rings (SSSR count). The van der Waals surface area contributed by atoms with Gasteiger partial charge in [-0.1, -0.05) is 6.92 Å². The first-order valence-corrected chi connectivity index (χ1v) is 5.59. The second kappa shape index (κ2) is 4.94. The van der Waals surface area contributed by atoms with E-state index < -0.39 is 0 Å². The first-order chi connectivity index (χ1) is 6.92. The molecule has 0 spiro atoms. The van der Waals surface area contributed by atoms with Crippen LogP contribution in [0.1, 0.15) is 27.7 Å². The number of hydrogen-bond acceptors (Lipinski definition) is 4. The van der Waals surface area contributed by atoms with Crippen LogP contribution in [-0.4, -0.2) is 48.7 Å². The molecule has 0 aromatic heterocycles. The van der Waals surface area contributed by atoms with Gasteiger partial charge in [-0.25, -0.2) is 0 Å². The van der Waals surface area contributed by atoms with E-state index in [9.17, 15) is 4.79 Å². The summed E-state index contributed by atoms with van der Waals surface area (Å²) in [4.78, 5) is 13.7. The lowest BCUT2D eigenvalue weighted by Gasteiger charge is -2.37. The van der Waals surface area contributed by atoms with Gasteiger partial charge in [0, 0.05) is 19.1 Å². The molecule has 0 radical (unpaired) electrons. The first-order valence-electron chi connectivity index (χ1n) is 5.59. The van der Waals surface area contributed by atoms with Crippen molar-refractivity contribution in [1.82, 2.24) is 10.2 Å². The molecule has 0 unspecified atom stereocenters. The molecule has 4 nitrogen and oxygen atoms in total. The molecule has 0 aliphatic carbocycles. The molecular weight excluding hydrogens is 192 g/mol. The van der Waals surface area contributed by atoms with E-state index in [0.717, 1.165) is 19.6 Å². The molecule has 88 valence electrons. The predicted octanol–water partition coefficient (Wildman–Crippen LogP) is 0.622. The van der Waals surface area contributed by atoms with Gasteiger partial charge in [-0.05, 0) is 27.3 Å². The van der Waals surface area contributed by atoms with Crippen LogP contribution in [0.3, 0.4) is 0 Å². The maximum atomic E-state index is 11.6. The number of nitrogens with zero attached hydrogens (tertiary/aromatic N) is 1. The number of esters is 1. The normalized spacial score (nSPS) is 17.7. The smallest absolute Gasteiger partial charge is 0.320 e. The number of carbonyl (C=O) groups is 1. The SMILES string of the molecule is CCN(CC(=O)OC(C)(C)C)C1CNC1. The van der Waals surface area contributed by atoms with Crippen LogP contribution in [-0.2, 0) is 9.53 Å². The Morgan fingerprint density at radius 2 is 2.07 bits per heavy atom. The van der Waals surface area contributed by atoms with Gasteiger partial charge < -0.3 is 10.1 Å². The molecular formula is C11H22N2O2. The highest BCUT2D eigenvalue weighted by atomic mass is 16.6. The van der Waals surface area contributed by atoms with Crippen LogP contribution in [0.25, 0.3) is 0 Å². The predicted molar refractivity (Wildman–Crippen MR) is 59.7 cm³/mol. The molecule has 1 heterocycles. The lowest BCUT2D eigenvalue weighted by Crippen LogP contribution is -2.58. The standard InChI is InChI=1S/C11H22N2O2/c1-5-13(9-6-12-7-9)8-10(14)15-11(2,3)4/h9,12H,5-8H2,1-4H3. The van der Waals surface area contributed by atoms with Crippen LogP contribution in [0.15, 0.2) is 0 Å². The minimum atomic E-state index is -0.381. The van der Waals surface area contributed by atoms with Crippen molar-refractivity contribution >= 4 is 5.97 Å². The lowest BCUT2D eigenvalue weighted by atomic mass is 10.1. The highest BCUT2D eigenvalue weighted by Gasteiger charge is 2.26. The van der Waals surface area contributed by atoms with Crippen molar-refractivity contribution in [3.05, 3.63) is 0 Å². The van der Waals surface area contributed by atoms with Crippen molar-refractivity contribution in [2.75, 3.05) is 26.2 Å². The molecule has 0 amide bonds. The number of carbonyl (C=O) groups excluding carboxylic acids is 1. The minimum Gasteiger partial charge on any atom is -0.459 e. The second-order valence-electron chi connectivity index (χ2n) is 4.96. The van der Waals surface area contributed by atoms with Crippen LogP contribution >= 0.6 is 0 Å². The number of hydrogen-bond donors (Lipinski definition) is 1. The second-order valence-corrected chi connectivity index (χ2v) is 4.96. The van der Waals surface area contributed by atoms with Crippen molar-refractivity contribution in [2.24, 2.45) is 0 Å². The van der Waals surface area contributed by atoms with Gasteiger partial charge in [-0.3, -0.25) is 9.69 Å². The summed E-state index contributed by atoms with van der Waals surface area (Å²) in [6.45, 7) is 11.0. The van der Waals surface area contributed by atoms with Crippen LogP contribution in [0, 0.1) is 0 Å². The number of rotatable bonds is 4. The summed E-state index contributed by atoms with van der Waals surface area (Å²) >= 11 is 0. The van der Waals surface area contributed by atoms with E-state index in [1.54, 1.807) is 0 Å². The number of ether oxygens (including phenoxy) is 1. The summed E-state index contributed by atoms with van der Waals surface area (Å²) in [5, 5.41) is 3.20. The highest BCUT2D eigenvalue weighted by Crippen LogP contribution is 2.09. The molecule has 1 fully saturated rings. The van der Waals surface area contributed by atoms with Gasteiger partial charge in [-0.15, -0.1) is 0 Å². The van der Waals surface area contributed by atoms with Gasteiger partial charge in [0.2, 0.25) is 0 Å². The van der Waals surface area contributed by atoms with E-state index in [1.807, 2.05) is 20.8 Å². The van der Waals surface area contributed by atoms with E-state index in [2.05, 4.69) is 17.1 Å². The van der Waals surface area contributed by atoms with Crippen molar-refractivity contribution < 1.29 is 9.53 Å². The number of likely N-dealkylation sites (N-methyl/N-ethyl adjacent to an activating group) is 1. The monoisotopic (exact) mass is 214 g/mol. The molecule has 4 heteroatoms. The summed E-state index contributed by atoms with van der Waals surface area (Å²) in [7, 11) is 0. The molecule has 0 aromatic rings. The van der Waals surface area contributed by atoms with E-state index in [0.29, 0.717) is 12.6 Å². The fourth-order valence-corrected chi connectivity index (χ4v) is 1.57. The molecule has 0 atom stereocenters. The van der Waals surface area contributed by atoms with Crippen LogP contribution in [0.4, 0.5) is 0 Å². The molecule has 0 saturated carbocycles. The first kappa shape index (κ1) is 12.5. The Kier molecular flexibility index (Phi) is 4.11. The quantitative estimate of drug-likeness (QED) is 0.697. The Hall–Kier alpha value is -0.610. The van der Waals surface area contributed by atoms with Gasteiger partial charge in [0.15, 0.2) is 0 Å². The Bertz CT molecular complexity index is 219. The van der Waals surface area contributed by atoms with Gasteiger partial charge in [-0.2, -0.15) is 0 Å². The molecule has 0 bridgehead atoms. The van der Waals surface area contributed by atoms with E-state index in [1.165, 1.54) is 0 Å². The third kappa shape index (κ3) is 4.18. The molecule has 1 saturated heterocycles. The Morgan fingerprint density at radius 3 is 2.40 bits per heavy atom. The average Bonchev–Trinajstić information content (AvgIpc) is 1.95.